The maximum Gasteiger partial charge on any atom is 0.123 e. The summed E-state index contributed by atoms with van der Waals surface area (Å²) in [6, 6.07) is 5.40. The number of rotatable bonds is 5. The van der Waals surface area contributed by atoms with Crippen molar-refractivity contribution in [2.45, 2.75) is 32.9 Å². The Morgan fingerprint density at radius 1 is 1.33 bits per heavy atom. The van der Waals surface area contributed by atoms with Crippen LogP contribution in [0.4, 0.5) is 4.39 Å². The molecule has 2 rings (SSSR count). The molecule has 4 heteroatoms. The van der Waals surface area contributed by atoms with Gasteiger partial charge in [-0.15, -0.1) is 11.3 Å². The van der Waals surface area contributed by atoms with Gasteiger partial charge in [-0.05, 0) is 23.3 Å². The summed E-state index contributed by atoms with van der Waals surface area (Å²) in [5, 5.41) is 6.33. The largest absolute Gasteiger partial charge is 0.310 e. The van der Waals surface area contributed by atoms with E-state index in [0.29, 0.717) is 12.5 Å². The van der Waals surface area contributed by atoms with Crippen LogP contribution in [0.1, 0.15) is 30.0 Å². The van der Waals surface area contributed by atoms with Gasteiger partial charge in [0.15, 0.2) is 0 Å². The van der Waals surface area contributed by atoms with Crippen LogP contribution in [-0.2, 0) is 13.0 Å². The molecule has 0 atom stereocenters. The van der Waals surface area contributed by atoms with Crippen LogP contribution >= 0.6 is 11.3 Å². The first-order valence-corrected chi connectivity index (χ1v) is 6.92. The Hall–Kier alpha value is -1.26. The topological polar surface area (TPSA) is 24.9 Å². The van der Waals surface area contributed by atoms with Crippen LogP contribution in [0.3, 0.4) is 0 Å². The molecule has 0 aliphatic heterocycles. The maximum absolute atomic E-state index is 13.3. The van der Waals surface area contributed by atoms with Gasteiger partial charge in [-0.1, -0.05) is 19.9 Å². The van der Waals surface area contributed by atoms with E-state index in [1.807, 2.05) is 11.4 Å². The van der Waals surface area contributed by atoms with Crippen molar-refractivity contribution >= 4 is 11.3 Å². The lowest BCUT2D eigenvalue weighted by molar-refractivity contribution is 0.583. The minimum absolute atomic E-state index is 0.185. The van der Waals surface area contributed by atoms with Crippen molar-refractivity contribution in [1.82, 2.24) is 10.3 Å². The van der Waals surface area contributed by atoms with Crippen LogP contribution in [-0.4, -0.2) is 11.0 Å². The predicted molar refractivity (Wildman–Crippen MR) is 73.3 cm³/mol. The summed E-state index contributed by atoms with van der Waals surface area (Å²) in [5.74, 6) is -0.185. The summed E-state index contributed by atoms with van der Waals surface area (Å²) < 4.78 is 13.3. The zero-order chi connectivity index (χ0) is 13.0. The van der Waals surface area contributed by atoms with Gasteiger partial charge in [0, 0.05) is 30.6 Å². The number of benzene rings is 1. The SMILES string of the molecule is CC(C)NCc1ccc(F)cc1Cc1nccs1. The van der Waals surface area contributed by atoms with Gasteiger partial charge < -0.3 is 5.32 Å². The van der Waals surface area contributed by atoms with E-state index in [9.17, 15) is 4.39 Å². The summed E-state index contributed by atoms with van der Waals surface area (Å²) in [4.78, 5) is 4.25. The molecular weight excluding hydrogens is 247 g/mol. The molecule has 0 aliphatic carbocycles. The Morgan fingerprint density at radius 3 is 2.83 bits per heavy atom. The Balaban J connectivity index is 2.17. The summed E-state index contributed by atoms with van der Waals surface area (Å²) in [7, 11) is 0. The number of thiazole rings is 1. The Bertz CT molecular complexity index is 495. The Labute approximate surface area is 111 Å². The molecule has 0 spiro atoms. The highest BCUT2D eigenvalue weighted by Gasteiger charge is 2.07. The van der Waals surface area contributed by atoms with Gasteiger partial charge in [0.2, 0.25) is 0 Å². The lowest BCUT2D eigenvalue weighted by Crippen LogP contribution is -2.22. The first-order valence-electron chi connectivity index (χ1n) is 6.04. The van der Waals surface area contributed by atoms with Gasteiger partial charge in [0.25, 0.3) is 0 Å². The third kappa shape index (κ3) is 3.62. The van der Waals surface area contributed by atoms with Crippen molar-refractivity contribution in [1.29, 1.82) is 0 Å². The van der Waals surface area contributed by atoms with E-state index in [0.717, 1.165) is 22.7 Å². The average molecular weight is 264 g/mol. The van der Waals surface area contributed by atoms with Crippen molar-refractivity contribution in [3.8, 4) is 0 Å². The highest BCUT2D eigenvalue weighted by molar-refractivity contribution is 7.09. The van der Waals surface area contributed by atoms with E-state index in [1.165, 1.54) is 6.07 Å². The van der Waals surface area contributed by atoms with Crippen LogP contribution in [0.5, 0.6) is 0 Å². The van der Waals surface area contributed by atoms with Crippen molar-refractivity contribution in [2.24, 2.45) is 0 Å². The van der Waals surface area contributed by atoms with Gasteiger partial charge in [0.05, 0.1) is 5.01 Å². The normalized spacial score (nSPS) is 11.1. The Morgan fingerprint density at radius 2 is 2.17 bits per heavy atom. The van der Waals surface area contributed by atoms with Gasteiger partial charge in [-0.2, -0.15) is 0 Å². The molecule has 0 unspecified atom stereocenters. The first kappa shape index (κ1) is 13.2. The Kier molecular flexibility index (Phi) is 4.44. The van der Waals surface area contributed by atoms with Crippen LogP contribution < -0.4 is 5.32 Å². The monoisotopic (exact) mass is 264 g/mol. The number of nitrogens with one attached hydrogen (secondary N) is 1. The molecule has 0 amide bonds. The van der Waals surface area contributed by atoms with E-state index in [1.54, 1.807) is 23.6 Å². The molecular formula is C14H17FN2S. The second-order valence-electron chi connectivity index (χ2n) is 4.55. The van der Waals surface area contributed by atoms with E-state index in [4.69, 9.17) is 0 Å². The van der Waals surface area contributed by atoms with Crippen LogP contribution in [0, 0.1) is 5.82 Å². The zero-order valence-electron chi connectivity index (χ0n) is 10.6. The minimum Gasteiger partial charge on any atom is -0.310 e. The molecule has 1 aromatic carbocycles. The molecule has 0 aliphatic rings. The lowest BCUT2D eigenvalue weighted by atomic mass is 10.0. The van der Waals surface area contributed by atoms with E-state index in [2.05, 4.69) is 24.1 Å². The molecule has 96 valence electrons. The molecule has 1 aromatic heterocycles. The van der Waals surface area contributed by atoms with Crippen LogP contribution in [0.25, 0.3) is 0 Å². The summed E-state index contributed by atoms with van der Waals surface area (Å²) in [5.41, 5.74) is 2.15. The van der Waals surface area contributed by atoms with E-state index in [-0.39, 0.29) is 5.82 Å². The molecule has 0 radical (unpaired) electrons. The van der Waals surface area contributed by atoms with Gasteiger partial charge in [-0.3, -0.25) is 0 Å². The second kappa shape index (κ2) is 6.07. The summed E-state index contributed by atoms with van der Waals surface area (Å²) in [6.45, 7) is 4.96. The van der Waals surface area contributed by atoms with Gasteiger partial charge >= 0.3 is 0 Å². The lowest BCUT2D eigenvalue weighted by Gasteiger charge is -2.12. The van der Waals surface area contributed by atoms with Crippen molar-refractivity contribution in [3.63, 3.8) is 0 Å². The number of aromatic nitrogens is 1. The standard InChI is InChI=1S/C14H17FN2S/c1-10(2)17-9-11-3-4-13(15)7-12(11)8-14-16-5-6-18-14/h3-7,10,17H,8-9H2,1-2H3. The van der Waals surface area contributed by atoms with E-state index < -0.39 is 0 Å². The summed E-state index contributed by atoms with van der Waals surface area (Å²) >= 11 is 1.60. The molecule has 2 nitrogen and oxygen atoms in total. The molecule has 1 N–H and O–H groups in total. The third-order valence-electron chi connectivity index (χ3n) is 2.69. The molecule has 18 heavy (non-hydrogen) atoms. The highest BCUT2D eigenvalue weighted by atomic mass is 32.1. The fraction of sp³-hybridized carbons (Fsp3) is 0.357. The smallest absolute Gasteiger partial charge is 0.123 e. The number of halogens is 1. The predicted octanol–water partition coefficient (Wildman–Crippen LogP) is 3.37. The van der Waals surface area contributed by atoms with Crippen molar-refractivity contribution in [2.75, 3.05) is 0 Å². The van der Waals surface area contributed by atoms with Crippen molar-refractivity contribution < 1.29 is 4.39 Å². The fourth-order valence-electron chi connectivity index (χ4n) is 1.75. The number of hydrogen-bond acceptors (Lipinski definition) is 3. The number of nitrogens with zero attached hydrogens (tertiary/aromatic N) is 1. The van der Waals surface area contributed by atoms with Crippen LogP contribution in [0.2, 0.25) is 0 Å². The second-order valence-corrected chi connectivity index (χ2v) is 5.53. The quantitative estimate of drug-likeness (QED) is 0.895. The highest BCUT2D eigenvalue weighted by Crippen LogP contribution is 2.17. The molecule has 0 bridgehead atoms. The molecule has 0 fully saturated rings. The molecule has 1 heterocycles. The molecule has 0 saturated heterocycles. The van der Waals surface area contributed by atoms with Gasteiger partial charge in [-0.25, -0.2) is 9.37 Å². The summed E-state index contributed by atoms with van der Waals surface area (Å²) in [6.07, 6.45) is 2.48. The third-order valence-corrected chi connectivity index (χ3v) is 3.47. The maximum atomic E-state index is 13.3. The average Bonchev–Trinajstić information content (AvgIpc) is 2.80. The molecule has 2 aromatic rings. The van der Waals surface area contributed by atoms with Gasteiger partial charge in [0.1, 0.15) is 5.82 Å². The first-order chi connectivity index (χ1) is 8.65. The molecule has 0 saturated carbocycles. The number of hydrogen-bond donors (Lipinski definition) is 1. The van der Waals surface area contributed by atoms with Crippen LogP contribution in [0.15, 0.2) is 29.8 Å². The minimum atomic E-state index is -0.185. The van der Waals surface area contributed by atoms with E-state index >= 15 is 0 Å². The fourth-order valence-corrected chi connectivity index (χ4v) is 2.39. The zero-order valence-corrected chi connectivity index (χ0v) is 11.4. The van der Waals surface area contributed by atoms with Crippen molar-refractivity contribution in [3.05, 3.63) is 51.7 Å².